The summed E-state index contributed by atoms with van der Waals surface area (Å²) in [5.74, 6) is 0. The fraction of sp³-hybridized carbons (Fsp3) is 0.462. The van der Waals surface area contributed by atoms with Crippen LogP contribution in [0.15, 0.2) is 24.3 Å². The van der Waals surface area contributed by atoms with Gasteiger partial charge in [0.05, 0.1) is 17.5 Å². The van der Waals surface area contributed by atoms with Crippen LogP contribution in [0, 0.1) is 16.7 Å². The van der Waals surface area contributed by atoms with Crippen molar-refractivity contribution in [2.24, 2.45) is 5.41 Å². The van der Waals surface area contributed by atoms with Crippen molar-refractivity contribution in [1.82, 2.24) is 4.90 Å². The Bertz CT molecular complexity index is 387. The van der Waals surface area contributed by atoms with Crippen molar-refractivity contribution in [2.75, 3.05) is 14.1 Å². The highest BCUT2D eigenvalue weighted by molar-refractivity contribution is 6.30. The lowest BCUT2D eigenvalue weighted by Crippen LogP contribution is -2.32. The summed E-state index contributed by atoms with van der Waals surface area (Å²) in [6, 6.07) is 10.1. The first kappa shape index (κ1) is 13.0. The Morgan fingerprint density at radius 2 is 1.75 bits per heavy atom. The van der Waals surface area contributed by atoms with Crippen LogP contribution in [0.5, 0.6) is 0 Å². The molecule has 0 saturated heterocycles. The predicted molar refractivity (Wildman–Crippen MR) is 67.3 cm³/mol. The predicted octanol–water partition coefficient (Wildman–Crippen LogP) is 3.49. The molecule has 0 aliphatic heterocycles. The zero-order valence-electron chi connectivity index (χ0n) is 10.2. The zero-order valence-corrected chi connectivity index (χ0v) is 10.9. The molecule has 0 N–H and O–H groups in total. The quantitative estimate of drug-likeness (QED) is 0.803. The van der Waals surface area contributed by atoms with E-state index in [1.807, 2.05) is 52.2 Å². The summed E-state index contributed by atoms with van der Waals surface area (Å²) in [4.78, 5) is 2.06. The highest BCUT2D eigenvalue weighted by Crippen LogP contribution is 2.36. The molecule has 16 heavy (non-hydrogen) atoms. The Morgan fingerprint density at radius 3 is 2.12 bits per heavy atom. The van der Waals surface area contributed by atoms with E-state index in [0.29, 0.717) is 0 Å². The van der Waals surface area contributed by atoms with E-state index in [-0.39, 0.29) is 6.04 Å². The van der Waals surface area contributed by atoms with E-state index in [4.69, 9.17) is 11.6 Å². The molecule has 0 spiro atoms. The van der Waals surface area contributed by atoms with E-state index in [1.165, 1.54) is 0 Å². The van der Waals surface area contributed by atoms with Crippen molar-refractivity contribution in [3.63, 3.8) is 0 Å². The van der Waals surface area contributed by atoms with E-state index < -0.39 is 5.41 Å². The highest BCUT2D eigenvalue weighted by atomic mass is 35.5. The van der Waals surface area contributed by atoms with E-state index in [2.05, 4.69) is 11.0 Å². The van der Waals surface area contributed by atoms with Gasteiger partial charge >= 0.3 is 0 Å². The summed E-state index contributed by atoms with van der Waals surface area (Å²) in [7, 11) is 3.97. The SMILES string of the molecule is CN(C)C(c1ccc(Cl)cc1)C(C)(C)C#N. The Labute approximate surface area is 102 Å². The van der Waals surface area contributed by atoms with Crippen LogP contribution in [-0.2, 0) is 0 Å². The van der Waals surface area contributed by atoms with Gasteiger partial charge in [-0.3, -0.25) is 0 Å². The lowest BCUT2D eigenvalue weighted by Gasteiger charge is -2.34. The molecule has 3 heteroatoms. The van der Waals surface area contributed by atoms with Crippen molar-refractivity contribution in [2.45, 2.75) is 19.9 Å². The lowest BCUT2D eigenvalue weighted by molar-refractivity contribution is 0.185. The first-order chi connectivity index (χ1) is 7.38. The van der Waals surface area contributed by atoms with Gasteiger partial charge in [-0.1, -0.05) is 23.7 Å². The number of hydrogen-bond acceptors (Lipinski definition) is 2. The van der Waals surface area contributed by atoms with Crippen molar-refractivity contribution < 1.29 is 0 Å². The van der Waals surface area contributed by atoms with Crippen molar-refractivity contribution >= 4 is 11.6 Å². The summed E-state index contributed by atoms with van der Waals surface area (Å²) in [5, 5.41) is 9.95. The van der Waals surface area contributed by atoms with Gasteiger partial charge in [0.25, 0.3) is 0 Å². The minimum Gasteiger partial charge on any atom is -0.301 e. The maximum Gasteiger partial charge on any atom is 0.0714 e. The minimum atomic E-state index is -0.433. The monoisotopic (exact) mass is 236 g/mol. The largest absolute Gasteiger partial charge is 0.301 e. The molecule has 1 aromatic carbocycles. The van der Waals surface area contributed by atoms with Crippen LogP contribution in [0.25, 0.3) is 0 Å². The highest BCUT2D eigenvalue weighted by Gasteiger charge is 2.32. The van der Waals surface area contributed by atoms with Crippen LogP contribution in [0.3, 0.4) is 0 Å². The molecule has 1 atom stereocenters. The van der Waals surface area contributed by atoms with Gasteiger partial charge < -0.3 is 4.90 Å². The van der Waals surface area contributed by atoms with Crippen LogP contribution < -0.4 is 0 Å². The maximum atomic E-state index is 9.23. The second kappa shape index (κ2) is 4.86. The number of rotatable bonds is 3. The Balaban J connectivity index is 3.14. The van der Waals surface area contributed by atoms with Crippen LogP contribution in [0.4, 0.5) is 0 Å². The Kier molecular flexibility index (Phi) is 3.96. The minimum absolute atomic E-state index is 0.0646. The standard InChI is InChI=1S/C13H17ClN2/c1-13(2,9-15)12(16(3)4)10-5-7-11(14)8-6-10/h5-8,12H,1-4H3. The first-order valence-corrected chi connectivity index (χ1v) is 5.59. The van der Waals surface area contributed by atoms with Crippen LogP contribution in [0.2, 0.25) is 5.02 Å². The van der Waals surface area contributed by atoms with Crippen LogP contribution >= 0.6 is 11.6 Å². The lowest BCUT2D eigenvalue weighted by atomic mass is 9.81. The Morgan fingerprint density at radius 1 is 1.25 bits per heavy atom. The molecule has 1 aromatic rings. The van der Waals surface area contributed by atoms with Gasteiger partial charge in [0.15, 0.2) is 0 Å². The average Bonchev–Trinajstić information content (AvgIpc) is 2.20. The summed E-state index contributed by atoms with van der Waals surface area (Å²) < 4.78 is 0. The zero-order chi connectivity index (χ0) is 12.3. The summed E-state index contributed by atoms with van der Waals surface area (Å²) in [5.41, 5.74) is 0.679. The molecule has 0 bridgehead atoms. The molecule has 0 amide bonds. The topological polar surface area (TPSA) is 27.0 Å². The van der Waals surface area contributed by atoms with E-state index in [0.717, 1.165) is 10.6 Å². The van der Waals surface area contributed by atoms with Crippen molar-refractivity contribution in [1.29, 1.82) is 5.26 Å². The van der Waals surface area contributed by atoms with Gasteiger partial charge in [-0.25, -0.2) is 0 Å². The van der Waals surface area contributed by atoms with Gasteiger partial charge in [0.2, 0.25) is 0 Å². The molecule has 2 nitrogen and oxygen atoms in total. The molecule has 0 radical (unpaired) electrons. The molecule has 0 aliphatic carbocycles. The van der Waals surface area contributed by atoms with Gasteiger partial charge in [0.1, 0.15) is 0 Å². The number of nitriles is 1. The van der Waals surface area contributed by atoms with E-state index in [1.54, 1.807) is 0 Å². The van der Waals surface area contributed by atoms with Crippen LogP contribution in [-0.4, -0.2) is 19.0 Å². The fourth-order valence-electron chi connectivity index (χ4n) is 2.07. The third-order valence-corrected chi connectivity index (χ3v) is 2.93. The molecule has 0 aromatic heterocycles. The molecule has 86 valence electrons. The molecular formula is C13H17ClN2. The van der Waals surface area contributed by atoms with E-state index >= 15 is 0 Å². The summed E-state index contributed by atoms with van der Waals surface area (Å²) in [6.45, 7) is 3.90. The summed E-state index contributed by atoms with van der Waals surface area (Å²) in [6.07, 6.45) is 0. The van der Waals surface area contributed by atoms with Gasteiger partial charge in [-0.05, 0) is 45.6 Å². The Hall–Kier alpha value is -1.04. The molecular weight excluding hydrogens is 220 g/mol. The second-order valence-corrected chi connectivity index (χ2v) is 5.19. The summed E-state index contributed by atoms with van der Waals surface area (Å²) >= 11 is 5.87. The molecule has 0 fully saturated rings. The number of nitrogens with zero attached hydrogens (tertiary/aromatic N) is 2. The third kappa shape index (κ3) is 2.75. The van der Waals surface area contributed by atoms with E-state index in [9.17, 15) is 5.26 Å². The third-order valence-electron chi connectivity index (χ3n) is 2.67. The fourth-order valence-corrected chi connectivity index (χ4v) is 2.19. The first-order valence-electron chi connectivity index (χ1n) is 5.21. The molecule has 1 rings (SSSR count). The van der Waals surface area contributed by atoms with Gasteiger partial charge in [0, 0.05) is 5.02 Å². The number of benzene rings is 1. The second-order valence-electron chi connectivity index (χ2n) is 4.75. The molecule has 0 heterocycles. The number of hydrogen-bond donors (Lipinski definition) is 0. The number of halogens is 1. The smallest absolute Gasteiger partial charge is 0.0714 e. The van der Waals surface area contributed by atoms with Crippen molar-refractivity contribution in [3.8, 4) is 6.07 Å². The normalized spacial score (nSPS) is 13.6. The molecule has 0 saturated carbocycles. The molecule has 1 unspecified atom stereocenters. The van der Waals surface area contributed by atoms with Crippen molar-refractivity contribution in [3.05, 3.63) is 34.9 Å². The van der Waals surface area contributed by atoms with Gasteiger partial charge in [-0.2, -0.15) is 5.26 Å². The van der Waals surface area contributed by atoms with Crippen LogP contribution in [0.1, 0.15) is 25.5 Å². The molecule has 0 aliphatic rings. The van der Waals surface area contributed by atoms with Gasteiger partial charge in [-0.15, -0.1) is 0 Å². The average molecular weight is 237 g/mol. The maximum absolute atomic E-state index is 9.23.